The Hall–Kier alpha value is -1.98. The van der Waals surface area contributed by atoms with E-state index in [2.05, 4.69) is 4.98 Å². The molecule has 0 aliphatic heterocycles. The Morgan fingerprint density at radius 3 is 2.57 bits per heavy atom. The molecule has 2 heterocycles. The van der Waals surface area contributed by atoms with Gasteiger partial charge < -0.3 is 4.90 Å². The van der Waals surface area contributed by atoms with E-state index in [1.165, 1.54) is 11.3 Å². The summed E-state index contributed by atoms with van der Waals surface area (Å²) < 4.78 is 0. The molecule has 23 heavy (non-hydrogen) atoms. The van der Waals surface area contributed by atoms with Gasteiger partial charge in [-0.25, -0.2) is 4.98 Å². The number of aromatic nitrogens is 1. The summed E-state index contributed by atoms with van der Waals surface area (Å²) in [6.07, 6.45) is 0. The minimum Gasteiger partial charge on any atom is -0.334 e. The van der Waals surface area contributed by atoms with E-state index in [1.807, 2.05) is 68.7 Å². The smallest absolute Gasteiger partial charge is 0.266 e. The molecular formula is C18H18N2OS2. The molecule has 5 heteroatoms. The van der Waals surface area contributed by atoms with Crippen LogP contribution in [0.1, 0.15) is 33.9 Å². The fourth-order valence-electron chi connectivity index (χ4n) is 2.39. The van der Waals surface area contributed by atoms with E-state index >= 15 is 0 Å². The minimum atomic E-state index is 0.0235. The first-order valence-electron chi connectivity index (χ1n) is 7.41. The molecule has 0 aliphatic rings. The van der Waals surface area contributed by atoms with Crippen LogP contribution in [0.2, 0.25) is 0 Å². The van der Waals surface area contributed by atoms with Crippen molar-refractivity contribution in [2.45, 2.75) is 19.9 Å². The van der Waals surface area contributed by atoms with Crippen molar-refractivity contribution in [1.82, 2.24) is 9.88 Å². The van der Waals surface area contributed by atoms with Gasteiger partial charge in [-0.05, 0) is 30.9 Å². The van der Waals surface area contributed by atoms with E-state index in [0.717, 1.165) is 26.0 Å². The fourth-order valence-corrected chi connectivity index (χ4v) is 4.24. The maximum atomic E-state index is 12.9. The third-order valence-corrected chi connectivity index (χ3v) is 6.09. The van der Waals surface area contributed by atoms with Gasteiger partial charge in [-0.1, -0.05) is 36.4 Å². The maximum absolute atomic E-state index is 12.9. The number of thiophene rings is 1. The van der Waals surface area contributed by atoms with Gasteiger partial charge in [0.15, 0.2) is 0 Å². The Balaban J connectivity index is 1.85. The van der Waals surface area contributed by atoms with Crippen molar-refractivity contribution in [2.75, 3.05) is 7.05 Å². The third-order valence-electron chi connectivity index (χ3n) is 3.91. The number of aryl methyl sites for hydroxylation is 1. The van der Waals surface area contributed by atoms with Crippen molar-refractivity contribution < 1.29 is 4.79 Å². The molecule has 118 valence electrons. The summed E-state index contributed by atoms with van der Waals surface area (Å²) >= 11 is 3.12. The molecule has 3 nitrogen and oxygen atoms in total. The van der Waals surface area contributed by atoms with Crippen LogP contribution in [0.25, 0.3) is 9.88 Å². The number of hydrogen-bond acceptors (Lipinski definition) is 4. The summed E-state index contributed by atoms with van der Waals surface area (Å²) in [6.45, 7) is 3.95. The number of carbonyl (C=O) groups excluding carboxylic acids is 1. The quantitative estimate of drug-likeness (QED) is 0.667. The molecular weight excluding hydrogens is 324 g/mol. The van der Waals surface area contributed by atoms with Crippen LogP contribution < -0.4 is 0 Å². The van der Waals surface area contributed by atoms with Crippen LogP contribution in [0, 0.1) is 6.92 Å². The predicted octanol–water partition coefficient (Wildman–Crippen LogP) is 5.01. The third kappa shape index (κ3) is 3.21. The zero-order chi connectivity index (χ0) is 16.4. The lowest BCUT2D eigenvalue weighted by molar-refractivity contribution is 0.0746. The summed E-state index contributed by atoms with van der Waals surface area (Å²) in [5, 5.41) is 2.94. The summed E-state index contributed by atoms with van der Waals surface area (Å²) in [7, 11) is 1.85. The predicted molar refractivity (Wildman–Crippen MR) is 97.1 cm³/mol. The lowest BCUT2D eigenvalue weighted by atomic mass is 10.1. The Bertz CT molecular complexity index is 794. The zero-order valence-corrected chi connectivity index (χ0v) is 14.9. The van der Waals surface area contributed by atoms with Crippen molar-refractivity contribution in [1.29, 1.82) is 0 Å². The van der Waals surface area contributed by atoms with Crippen molar-refractivity contribution in [2.24, 2.45) is 0 Å². The monoisotopic (exact) mass is 342 g/mol. The number of amides is 1. The standard InChI is InChI=1S/C18H18N2OS2/c1-12-16(23-17(19-12)15-10-7-11-22-15)18(21)20(3)13(2)14-8-5-4-6-9-14/h4-11,13H,1-3H3. The van der Waals surface area contributed by atoms with E-state index in [1.54, 1.807) is 16.2 Å². The molecule has 0 fully saturated rings. The van der Waals surface area contributed by atoms with Crippen LogP contribution in [0.3, 0.4) is 0 Å². The summed E-state index contributed by atoms with van der Waals surface area (Å²) in [4.78, 5) is 21.0. The summed E-state index contributed by atoms with van der Waals surface area (Å²) in [5.41, 5.74) is 1.93. The Morgan fingerprint density at radius 1 is 1.17 bits per heavy atom. The second-order valence-corrected chi connectivity index (χ2v) is 7.36. The van der Waals surface area contributed by atoms with Gasteiger partial charge in [0.05, 0.1) is 16.6 Å². The molecule has 0 spiro atoms. The highest BCUT2D eigenvalue weighted by atomic mass is 32.1. The SMILES string of the molecule is Cc1nc(-c2cccs2)sc1C(=O)N(C)C(C)c1ccccc1. The number of hydrogen-bond donors (Lipinski definition) is 0. The molecule has 3 rings (SSSR count). The molecule has 1 unspecified atom stereocenters. The highest BCUT2D eigenvalue weighted by Gasteiger charge is 2.23. The number of benzene rings is 1. The lowest BCUT2D eigenvalue weighted by Crippen LogP contribution is -2.29. The number of carbonyl (C=O) groups is 1. The Morgan fingerprint density at radius 2 is 1.91 bits per heavy atom. The number of rotatable bonds is 4. The van der Waals surface area contributed by atoms with Crippen molar-refractivity contribution in [3.8, 4) is 9.88 Å². The average molecular weight is 342 g/mol. The highest BCUT2D eigenvalue weighted by Crippen LogP contribution is 2.32. The maximum Gasteiger partial charge on any atom is 0.266 e. The van der Waals surface area contributed by atoms with Gasteiger partial charge in [-0.15, -0.1) is 22.7 Å². The van der Waals surface area contributed by atoms with E-state index in [0.29, 0.717) is 0 Å². The van der Waals surface area contributed by atoms with Crippen molar-refractivity contribution >= 4 is 28.6 Å². The van der Waals surface area contributed by atoms with Crippen LogP contribution in [0.15, 0.2) is 47.8 Å². The molecule has 1 amide bonds. The van der Waals surface area contributed by atoms with Gasteiger partial charge in [0.25, 0.3) is 5.91 Å². The van der Waals surface area contributed by atoms with Gasteiger partial charge in [0, 0.05) is 7.05 Å². The molecule has 0 N–H and O–H groups in total. The zero-order valence-electron chi connectivity index (χ0n) is 13.3. The largest absolute Gasteiger partial charge is 0.334 e. The first-order valence-corrected chi connectivity index (χ1v) is 9.11. The summed E-state index contributed by atoms with van der Waals surface area (Å²) in [6, 6.07) is 14.1. The van der Waals surface area contributed by atoms with Crippen LogP contribution in [-0.2, 0) is 0 Å². The van der Waals surface area contributed by atoms with Crippen LogP contribution >= 0.6 is 22.7 Å². The van der Waals surface area contributed by atoms with Crippen molar-refractivity contribution in [3.63, 3.8) is 0 Å². The van der Waals surface area contributed by atoms with E-state index in [4.69, 9.17) is 0 Å². The van der Waals surface area contributed by atoms with Crippen molar-refractivity contribution in [3.05, 3.63) is 64.0 Å². The topological polar surface area (TPSA) is 33.2 Å². The fraction of sp³-hybridized carbons (Fsp3) is 0.222. The van der Waals surface area contributed by atoms with E-state index < -0.39 is 0 Å². The highest BCUT2D eigenvalue weighted by molar-refractivity contribution is 7.22. The molecule has 0 aliphatic carbocycles. The van der Waals surface area contributed by atoms with Gasteiger partial charge >= 0.3 is 0 Å². The molecule has 0 saturated carbocycles. The first kappa shape index (κ1) is 15.9. The second kappa shape index (κ2) is 6.64. The lowest BCUT2D eigenvalue weighted by Gasteiger charge is -2.25. The first-order chi connectivity index (χ1) is 11.1. The average Bonchev–Trinajstić information content (AvgIpc) is 3.23. The van der Waals surface area contributed by atoms with Crippen LogP contribution in [-0.4, -0.2) is 22.8 Å². The molecule has 0 saturated heterocycles. The summed E-state index contributed by atoms with van der Waals surface area (Å²) in [5.74, 6) is 0.0270. The Labute approximate surface area is 144 Å². The van der Waals surface area contributed by atoms with E-state index in [9.17, 15) is 4.79 Å². The van der Waals surface area contributed by atoms with Crippen LogP contribution in [0.5, 0.6) is 0 Å². The molecule has 1 aromatic carbocycles. The molecule has 0 bridgehead atoms. The Kier molecular flexibility index (Phi) is 4.59. The molecule has 0 radical (unpaired) electrons. The van der Waals surface area contributed by atoms with Gasteiger partial charge in [0.2, 0.25) is 0 Å². The van der Waals surface area contributed by atoms with Gasteiger partial charge in [-0.2, -0.15) is 0 Å². The number of nitrogens with zero attached hydrogens (tertiary/aromatic N) is 2. The normalized spacial score (nSPS) is 12.1. The van der Waals surface area contributed by atoms with Gasteiger partial charge in [0.1, 0.15) is 9.88 Å². The van der Waals surface area contributed by atoms with E-state index in [-0.39, 0.29) is 11.9 Å². The minimum absolute atomic E-state index is 0.0235. The second-order valence-electron chi connectivity index (χ2n) is 5.41. The number of thiazole rings is 1. The molecule has 1 atom stereocenters. The van der Waals surface area contributed by atoms with Crippen LogP contribution in [0.4, 0.5) is 0 Å². The molecule has 2 aromatic heterocycles. The molecule has 3 aromatic rings. The van der Waals surface area contributed by atoms with Gasteiger partial charge in [-0.3, -0.25) is 4.79 Å².